The van der Waals surface area contributed by atoms with Crippen LogP contribution >= 0.6 is 0 Å². The molecular weight excluding hydrogens is 472 g/mol. The van der Waals surface area contributed by atoms with Crippen LogP contribution in [0.5, 0.6) is 0 Å². The van der Waals surface area contributed by atoms with Gasteiger partial charge in [0.2, 0.25) is 0 Å². The average Bonchev–Trinajstić information content (AvgIpc) is 3.34. The number of urea groups is 1. The van der Waals surface area contributed by atoms with E-state index in [1.807, 2.05) is 36.1 Å². The molecule has 4 heterocycles. The van der Waals surface area contributed by atoms with Crippen LogP contribution in [0.25, 0.3) is 11.4 Å². The monoisotopic (exact) mass is 504 g/mol. The van der Waals surface area contributed by atoms with Crippen molar-refractivity contribution in [3.05, 3.63) is 53.5 Å². The van der Waals surface area contributed by atoms with E-state index < -0.39 is 0 Å². The molecule has 2 aromatic heterocycles. The summed E-state index contributed by atoms with van der Waals surface area (Å²) < 4.78 is 7.27. The summed E-state index contributed by atoms with van der Waals surface area (Å²) in [5.74, 6) is 1.44. The molecule has 194 valence electrons. The third kappa shape index (κ3) is 5.12. The van der Waals surface area contributed by atoms with Gasteiger partial charge in [0, 0.05) is 49.7 Å². The molecule has 1 fully saturated rings. The lowest BCUT2D eigenvalue weighted by Crippen LogP contribution is -2.46. The van der Waals surface area contributed by atoms with Gasteiger partial charge >= 0.3 is 6.03 Å². The van der Waals surface area contributed by atoms with Gasteiger partial charge in [-0.25, -0.2) is 14.8 Å². The minimum Gasteiger partial charge on any atom is -0.377 e. The molecule has 11 heteroatoms. The Morgan fingerprint density at radius 3 is 2.65 bits per heavy atom. The molecule has 1 saturated heterocycles. The highest BCUT2D eigenvalue weighted by molar-refractivity contribution is 5.92. The summed E-state index contributed by atoms with van der Waals surface area (Å²) in [7, 11) is 1.77. The third-order valence-corrected chi connectivity index (χ3v) is 6.75. The number of aryl methyl sites for hydroxylation is 1. The van der Waals surface area contributed by atoms with Crippen LogP contribution in [0.3, 0.4) is 0 Å². The first-order valence-corrected chi connectivity index (χ1v) is 12.6. The number of nitrogens with one attached hydrogen (secondary N) is 2. The van der Waals surface area contributed by atoms with E-state index in [1.165, 1.54) is 0 Å². The lowest BCUT2D eigenvalue weighted by atomic mass is 10.0. The number of carbonyl (C=O) groups is 2. The van der Waals surface area contributed by atoms with Crippen LogP contribution in [-0.4, -0.2) is 75.5 Å². The van der Waals surface area contributed by atoms with Crippen molar-refractivity contribution in [2.45, 2.75) is 32.9 Å². The molecule has 2 aliphatic heterocycles. The van der Waals surface area contributed by atoms with E-state index in [-0.39, 0.29) is 18.0 Å². The van der Waals surface area contributed by atoms with Gasteiger partial charge in [-0.05, 0) is 50.6 Å². The molecule has 37 heavy (non-hydrogen) atoms. The zero-order valence-electron chi connectivity index (χ0n) is 21.4. The fourth-order valence-corrected chi connectivity index (χ4v) is 4.78. The van der Waals surface area contributed by atoms with Crippen LogP contribution in [0, 0.1) is 0 Å². The Bertz CT molecular complexity index is 1290. The van der Waals surface area contributed by atoms with Crippen molar-refractivity contribution in [1.29, 1.82) is 0 Å². The predicted molar refractivity (Wildman–Crippen MR) is 139 cm³/mol. The molecule has 3 amide bonds. The number of anilines is 2. The Balaban J connectivity index is 1.49. The topological polar surface area (TPSA) is 118 Å². The second kappa shape index (κ2) is 10.6. The van der Waals surface area contributed by atoms with Gasteiger partial charge in [-0.1, -0.05) is 0 Å². The first-order valence-electron chi connectivity index (χ1n) is 12.6. The van der Waals surface area contributed by atoms with Crippen molar-refractivity contribution in [2.24, 2.45) is 7.05 Å². The quantitative estimate of drug-likeness (QED) is 0.548. The molecule has 0 bridgehead atoms. The molecule has 0 spiro atoms. The third-order valence-electron chi connectivity index (χ3n) is 6.75. The first kappa shape index (κ1) is 24.7. The predicted octanol–water partition coefficient (Wildman–Crippen LogP) is 2.44. The van der Waals surface area contributed by atoms with E-state index in [2.05, 4.69) is 27.6 Å². The van der Waals surface area contributed by atoms with Crippen LogP contribution < -0.4 is 15.5 Å². The number of benzene rings is 1. The molecule has 0 radical (unpaired) electrons. The molecule has 1 aromatic carbocycles. The van der Waals surface area contributed by atoms with Crippen molar-refractivity contribution in [2.75, 3.05) is 43.1 Å². The fraction of sp³-hybridized carbons (Fsp3) is 0.423. The maximum Gasteiger partial charge on any atom is 0.319 e. The van der Waals surface area contributed by atoms with E-state index in [1.54, 1.807) is 24.0 Å². The number of carbonyl (C=O) groups excluding carboxylic acids is 2. The number of aromatic nitrogens is 4. The maximum absolute atomic E-state index is 13.2. The van der Waals surface area contributed by atoms with Gasteiger partial charge in [0.25, 0.3) is 5.91 Å². The standard InChI is InChI=1S/C26H32N8O3/c1-4-27-26(36)29-19-7-5-18(6-8-19)23-30-21-15-33(25(35)22-9-11-28-32(22)3)12-10-20(21)24(31-23)34-13-14-37-16-17(34)2/h5-9,11,17H,4,10,12-16H2,1-3H3,(H2,27,29,36)/t17-/m0/s1. The Morgan fingerprint density at radius 2 is 1.95 bits per heavy atom. The van der Waals surface area contributed by atoms with Gasteiger partial charge in [-0.2, -0.15) is 5.10 Å². The van der Waals surface area contributed by atoms with E-state index in [9.17, 15) is 9.59 Å². The molecule has 3 aromatic rings. The molecule has 0 aliphatic carbocycles. The average molecular weight is 505 g/mol. The highest BCUT2D eigenvalue weighted by Gasteiger charge is 2.31. The molecule has 1 atom stereocenters. The van der Waals surface area contributed by atoms with Crippen LogP contribution in [-0.2, 0) is 24.8 Å². The molecule has 0 unspecified atom stereocenters. The summed E-state index contributed by atoms with van der Waals surface area (Å²) >= 11 is 0. The molecule has 11 nitrogen and oxygen atoms in total. The smallest absolute Gasteiger partial charge is 0.319 e. The number of hydrogen-bond donors (Lipinski definition) is 2. The van der Waals surface area contributed by atoms with E-state index in [4.69, 9.17) is 14.7 Å². The maximum atomic E-state index is 13.2. The highest BCUT2D eigenvalue weighted by Crippen LogP contribution is 2.32. The number of rotatable bonds is 5. The molecule has 2 aliphatic rings. The largest absolute Gasteiger partial charge is 0.377 e. The van der Waals surface area contributed by atoms with Gasteiger partial charge in [-0.3, -0.25) is 9.48 Å². The lowest BCUT2D eigenvalue weighted by Gasteiger charge is -2.37. The summed E-state index contributed by atoms with van der Waals surface area (Å²) in [5.41, 5.74) is 4.00. The fourth-order valence-electron chi connectivity index (χ4n) is 4.78. The number of nitrogens with zero attached hydrogens (tertiary/aromatic N) is 6. The van der Waals surface area contributed by atoms with Crippen molar-refractivity contribution < 1.29 is 14.3 Å². The minimum absolute atomic E-state index is 0.0621. The number of morpholine rings is 1. The molecule has 2 N–H and O–H groups in total. The van der Waals surface area contributed by atoms with Crippen molar-refractivity contribution in [3.63, 3.8) is 0 Å². The summed E-state index contributed by atoms with van der Waals surface area (Å²) in [6, 6.07) is 9.14. The molecule has 0 saturated carbocycles. The van der Waals surface area contributed by atoms with Crippen molar-refractivity contribution in [3.8, 4) is 11.4 Å². The van der Waals surface area contributed by atoms with E-state index in [0.29, 0.717) is 56.5 Å². The summed E-state index contributed by atoms with van der Waals surface area (Å²) in [6.45, 7) is 7.57. The second-order valence-corrected chi connectivity index (χ2v) is 9.29. The van der Waals surface area contributed by atoms with Gasteiger partial charge in [-0.15, -0.1) is 0 Å². The van der Waals surface area contributed by atoms with Gasteiger partial charge in [0.15, 0.2) is 5.82 Å². The first-order chi connectivity index (χ1) is 17.9. The molecule has 5 rings (SSSR count). The number of amides is 3. The summed E-state index contributed by atoms with van der Waals surface area (Å²) in [4.78, 5) is 39.2. The number of fused-ring (bicyclic) bond motifs is 1. The highest BCUT2D eigenvalue weighted by atomic mass is 16.5. The Morgan fingerprint density at radius 1 is 1.14 bits per heavy atom. The zero-order chi connectivity index (χ0) is 25.9. The summed E-state index contributed by atoms with van der Waals surface area (Å²) in [6.07, 6.45) is 2.31. The van der Waals surface area contributed by atoms with Gasteiger partial charge in [0.05, 0.1) is 31.5 Å². The number of hydrogen-bond acceptors (Lipinski definition) is 7. The van der Waals surface area contributed by atoms with Crippen LogP contribution in [0.2, 0.25) is 0 Å². The SMILES string of the molecule is CCNC(=O)Nc1ccc(-c2nc3c(c(N4CCOC[C@@H]4C)n2)CCN(C(=O)c2ccnn2C)C3)cc1. The second-order valence-electron chi connectivity index (χ2n) is 9.29. The zero-order valence-corrected chi connectivity index (χ0v) is 21.4. The van der Waals surface area contributed by atoms with Crippen LogP contribution in [0.4, 0.5) is 16.3 Å². The van der Waals surface area contributed by atoms with E-state index >= 15 is 0 Å². The Hall–Kier alpha value is -3.99. The molecular formula is C26H32N8O3. The van der Waals surface area contributed by atoms with Crippen LogP contribution in [0.1, 0.15) is 35.6 Å². The number of ether oxygens (including phenoxy) is 1. The van der Waals surface area contributed by atoms with Crippen molar-refractivity contribution >= 4 is 23.4 Å². The van der Waals surface area contributed by atoms with Crippen molar-refractivity contribution in [1.82, 2.24) is 30.0 Å². The Labute approximate surface area is 215 Å². The lowest BCUT2D eigenvalue weighted by molar-refractivity contribution is 0.0720. The Kier molecular flexibility index (Phi) is 7.04. The van der Waals surface area contributed by atoms with E-state index in [0.717, 1.165) is 29.2 Å². The summed E-state index contributed by atoms with van der Waals surface area (Å²) in [5, 5.41) is 9.68. The van der Waals surface area contributed by atoms with Gasteiger partial charge in [0.1, 0.15) is 11.5 Å². The van der Waals surface area contributed by atoms with Crippen LogP contribution in [0.15, 0.2) is 36.5 Å². The minimum atomic E-state index is -0.248. The van der Waals surface area contributed by atoms with Gasteiger partial charge < -0.3 is 25.2 Å². The normalized spacial score (nSPS) is 17.3.